The molecule has 0 aliphatic carbocycles. The Bertz CT molecular complexity index is 886. The first-order valence-electron chi connectivity index (χ1n) is 7.52. The van der Waals surface area contributed by atoms with E-state index in [0.29, 0.717) is 28.0 Å². The molecule has 0 atom stereocenters. The van der Waals surface area contributed by atoms with Gasteiger partial charge < -0.3 is 9.64 Å². The van der Waals surface area contributed by atoms with Crippen molar-refractivity contribution in [3.8, 4) is 5.75 Å². The quantitative estimate of drug-likeness (QED) is 0.749. The largest absolute Gasteiger partial charge is 0.482 e. The molecule has 140 valence electrons. The Morgan fingerprint density at radius 2 is 1.81 bits per heavy atom. The van der Waals surface area contributed by atoms with Crippen molar-refractivity contribution in [3.05, 3.63) is 58.1 Å². The van der Waals surface area contributed by atoms with Crippen molar-refractivity contribution in [2.45, 2.75) is 6.54 Å². The number of nitrogens with zero attached hydrogens (tertiary/aromatic N) is 1. The van der Waals surface area contributed by atoms with E-state index in [2.05, 4.69) is 4.72 Å². The number of hydrogen-bond acceptors (Lipinski definition) is 4. The van der Waals surface area contributed by atoms with Crippen LogP contribution >= 0.6 is 23.2 Å². The van der Waals surface area contributed by atoms with Crippen molar-refractivity contribution in [2.75, 3.05) is 24.6 Å². The van der Waals surface area contributed by atoms with Gasteiger partial charge in [0.05, 0.1) is 11.3 Å². The van der Waals surface area contributed by atoms with Crippen LogP contribution in [0.3, 0.4) is 0 Å². The molecule has 2 aromatic carbocycles. The fourth-order valence-corrected chi connectivity index (χ4v) is 3.12. The molecule has 0 aliphatic heterocycles. The average Bonchev–Trinajstić information content (AvgIpc) is 2.54. The summed E-state index contributed by atoms with van der Waals surface area (Å²) in [7, 11) is -1.67. The average molecular weight is 417 g/mol. The van der Waals surface area contributed by atoms with Crippen molar-refractivity contribution >= 4 is 44.8 Å². The van der Waals surface area contributed by atoms with Crippen LogP contribution < -0.4 is 9.46 Å². The number of benzene rings is 2. The van der Waals surface area contributed by atoms with Crippen molar-refractivity contribution in [3.63, 3.8) is 0 Å². The number of carbonyl (C=O) groups excluding carboxylic acids is 1. The standard InChI is InChI=1S/C17H18Cl2N2O4S/c1-21(10-12-3-6-14(7-4-12)20-26(2,23)24)17(22)11-25-16-8-5-13(18)9-15(16)19/h3-9,20H,10-11H2,1-2H3. The summed E-state index contributed by atoms with van der Waals surface area (Å²) in [4.78, 5) is 13.7. The van der Waals surface area contributed by atoms with E-state index in [-0.39, 0.29) is 12.5 Å². The number of ether oxygens (including phenoxy) is 1. The molecule has 2 rings (SSSR count). The SMILES string of the molecule is CN(Cc1ccc(NS(C)(=O)=O)cc1)C(=O)COc1ccc(Cl)cc1Cl. The Balaban J connectivity index is 1.90. The molecular weight excluding hydrogens is 399 g/mol. The first-order chi connectivity index (χ1) is 12.1. The maximum absolute atomic E-state index is 12.2. The van der Waals surface area contributed by atoms with Crippen LogP contribution in [-0.2, 0) is 21.4 Å². The molecular formula is C17H18Cl2N2O4S. The summed E-state index contributed by atoms with van der Waals surface area (Å²) in [6, 6.07) is 11.5. The number of hydrogen-bond donors (Lipinski definition) is 1. The predicted molar refractivity (Wildman–Crippen MR) is 103 cm³/mol. The predicted octanol–water partition coefficient (Wildman–Crippen LogP) is 3.40. The first-order valence-corrected chi connectivity index (χ1v) is 10.2. The number of rotatable bonds is 7. The van der Waals surface area contributed by atoms with E-state index in [9.17, 15) is 13.2 Å². The molecule has 0 bridgehead atoms. The Hall–Kier alpha value is -1.96. The normalized spacial score (nSPS) is 11.1. The molecule has 1 amide bonds. The Kier molecular flexibility index (Phi) is 6.75. The smallest absolute Gasteiger partial charge is 0.260 e. The maximum Gasteiger partial charge on any atom is 0.260 e. The van der Waals surface area contributed by atoms with E-state index >= 15 is 0 Å². The van der Waals surface area contributed by atoms with E-state index in [0.717, 1.165) is 11.8 Å². The number of likely N-dealkylation sites (N-methyl/N-ethyl adjacent to an activating group) is 1. The Morgan fingerprint density at radius 1 is 1.15 bits per heavy atom. The van der Waals surface area contributed by atoms with E-state index in [1.807, 2.05) is 0 Å². The fourth-order valence-electron chi connectivity index (χ4n) is 2.10. The summed E-state index contributed by atoms with van der Waals surface area (Å²) in [6.07, 6.45) is 1.08. The van der Waals surface area contributed by atoms with Gasteiger partial charge in [0.25, 0.3) is 5.91 Å². The minimum atomic E-state index is -3.32. The summed E-state index contributed by atoms with van der Waals surface area (Å²) in [5.74, 6) is 0.156. The third-order valence-electron chi connectivity index (χ3n) is 3.35. The Morgan fingerprint density at radius 3 is 2.38 bits per heavy atom. The van der Waals surface area contributed by atoms with Gasteiger partial charge in [0.2, 0.25) is 10.0 Å². The second-order valence-electron chi connectivity index (χ2n) is 5.68. The molecule has 0 fully saturated rings. The molecule has 0 radical (unpaired) electrons. The van der Waals surface area contributed by atoms with E-state index in [1.165, 1.54) is 4.90 Å². The van der Waals surface area contributed by atoms with Gasteiger partial charge in [-0.3, -0.25) is 9.52 Å². The topological polar surface area (TPSA) is 75.7 Å². The molecule has 26 heavy (non-hydrogen) atoms. The van der Waals surface area contributed by atoms with Crippen LogP contribution in [0.1, 0.15) is 5.56 Å². The number of anilines is 1. The van der Waals surface area contributed by atoms with Crippen molar-refractivity contribution in [1.82, 2.24) is 4.90 Å². The molecule has 6 nitrogen and oxygen atoms in total. The minimum Gasteiger partial charge on any atom is -0.482 e. The molecule has 0 unspecified atom stereocenters. The summed E-state index contributed by atoms with van der Waals surface area (Å²) < 4.78 is 30.2. The lowest BCUT2D eigenvalue weighted by atomic mass is 10.2. The molecule has 0 spiro atoms. The maximum atomic E-state index is 12.2. The molecule has 9 heteroatoms. The molecule has 0 saturated heterocycles. The van der Waals surface area contributed by atoms with Crippen molar-refractivity contribution in [2.24, 2.45) is 0 Å². The van der Waals surface area contributed by atoms with Gasteiger partial charge in [-0.1, -0.05) is 35.3 Å². The van der Waals surface area contributed by atoms with E-state index in [4.69, 9.17) is 27.9 Å². The number of carbonyl (C=O) groups is 1. The molecule has 0 aromatic heterocycles. The highest BCUT2D eigenvalue weighted by molar-refractivity contribution is 7.92. The minimum absolute atomic E-state index is 0.161. The highest BCUT2D eigenvalue weighted by Crippen LogP contribution is 2.27. The number of sulfonamides is 1. The van der Waals surface area contributed by atoms with Crippen LogP contribution in [0.4, 0.5) is 5.69 Å². The van der Waals surface area contributed by atoms with Crippen LogP contribution in [0.15, 0.2) is 42.5 Å². The van der Waals surface area contributed by atoms with Gasteiger partial charge in [-0.05, 0) is 35.9 Å². The number of amides is 1. The van der Waals surface area contributed by atoms with Gasteiger partial charge in [-0.2, -0.15) is 0 Å². The van der Waals surface area contributed by atoms with E-state index in [1.54, 1.807) is 49.5 Å². The molecule has 2 aromatic rings. The van der Waals surface area contributed by atoms with Crippen LogP contribution in [0.5, 0.6) is 5.75 Å². The molecule has 0 heterocycles. The van der Waals surface area contributed by atoms with Gasteiger partial charge in [-0.25, -0.2) is 8.42 Å². The van der Waals surface area contributed by atoms with Gasteiger partial charge in [0.1, 0.15) is 5.75 Å². The first kappa shape index (κ1) is 20.4. The number of halogens is 2. The Labute approximate surface area is 162 Å². The fraction of sp³-hybridized carbons (Fsp3) is 0.235. The number of nitrogens with one attached hydrogen (secondary N) is 1. The summed E-state index contributed by atoms with van der Waals surface area (Å²) in [5, 5.41) is 0.821. The van der Waals surface area contributed by atoms with Gasteiger partial charge in [0, 0.05) is 24.3 Å². The lowest BCUT2D eigenvalue weighted by molar-refractivity contribution is -0.132. The van der Waals surface area contributed by atoms with Gasteiger partial charge in [0.15, 0.2) is 6.61 Å². The summed E-state index contributed by atoms with van der Waals surface area (Å²) in [5.41, 5.74) is 1.32. The lowest BCUT2D eigenvalue weighted by Crippen LogP contribution is -2.31. The zero-order valence-electron chi connectivity index (χ0n) is 14.2. The highest BCUT2D eigenvalue weighted by atomic mass is 35.5. The van der Waals surface area contributed by atoms with E-state index < -0.39 is 10.0 Å². The van der Waals surface area contributed by atoms with Crippen molar-refractivity contribution < 1.29 is 17.9 Å². The third-order valence-corrected chi connectivity index (χ3v) is 4.48. The second-order valence-corrected chi connectivity index (χ2v) is 8.28. The van der Waals surface area contributed by atoms with Crippen molar-refractivity contribution in [1.29, 1.82) is 0 Å². The lowest BCUT2D eigenvalue weighted by Gasteiger charge is -2.18. The zero-order valence-corrected chi connectivity index (χ0v) is 16.5. The summed E-state index contributed by atoms with van der Waals surface area (Å²) >= 11 is 11.8. The molecule has 1 N–H and O–H groups in total. The third kappa shape index (κ3) is 6.40. The molecule has 0 aliphatic rings. The second kappa shape index (κ2) is 8.62. The van der Waals surface area contributed by atoms with Crippen LogP contribution in [0.25, 0.3) is 0 Å². The van der Waals surface area contributed by atoms with Gasteiger partial charge >= 0.3 is 0 Å². The summed E-state index contributed by atoms with van der Waals surface area (Å²) in [6.45, 7) is 0.196. The van der Waals surface area contributed by atoms with Gasteiger partial charge in [-0.15, -0.1) is 0 Å². The van der Waals surface area contributed by atoms with Crippen LogP contribution in [-0.4, -0.2) is 39.1 Å². The molecule has 0 saturated carbocycles. The highest BCUT2D eigenvalue weighted by Gasteiger charge is 2.12. The monoisotopic (exact) mass is 416 g/mol. The van der Waals surface area contributed by atoms with Crippen LogP contribution in [0, 0.1) is 0 Å². The zero-order chi connectivity index (χ0) is 19.3. The van der Waals surface area contributed by atoms with Crippen LogP contribution in [0.2, 0.25) is 10.0 Å².